The third-order valence-corrected chi connectivity index (χ3v) is 1.17. The van der Waals surface area contributed by atoms with Gasteiger partial charge in [0.05, 0.1) is 6.20 Å². The van der Waals surface area contributed by atoms with Crippen LogP contribution in [0.3, 0.4) is 0 Å². The second kappa shape index (κ2) is 3.59. The first-order valence-electron chi connectivity index (χ1n) is 2.71. The largest absolute Gasteiger partial charge is 0.237 e. The molecule has 1 radical (unpaired) electrons. The van der Waals surface area contributed by atoms with Crippen molar-refractivity contribution in [1.29, 1.82) is 0 Å². The fourth-order valence-corrected chi connectivity index (χ4v) is 0.764. The van der Waals surface area contributed by atoms with Crippen LogP contribution in [0.25, 0.3) is 5.65 Å². The minimum atomic E-state index is 0. The Labute approximate surface area is 101 Å². The van der Waals surface area contributed by atoms with Crippen LogP contribution in [0.1, 0.15) is 0 Å². The van der Waals surface area contributed by atoms with Crippen LogP contribution < -0.4 is 0 Å². The standard InChI is InChI=1S/C6H5N3.K/c1-3-7-6-2-4-8-9(6)5-1;/h1-5H;. The summed E-state index contributed by atoms with van der Waals surface area (Å²) in [6, 6.07) is 3.71. The van der Waals surface area contributed by atoms with E-state index < -0.39 is 0 Å². The molecule has 0 aliphatic carbocycles. The van der Waals surface area contributed by atoms with Crippen LogP contribution in [-0.2, 0) is 0 Å². The maximum Gasteiger partial charge on any atom is 0.154 e. The number of rotatable bonds is 0. The zero-order valence-corrected chi connectivity index (χ0v) is 8.85. The second-order valence-electron chi connectivity index (χ2n) is 1.75. The normalized spacial score (nSPS) is 9.20. The Bertz CT molecular complexity index is 287. The van der Waals surface area contributed by atoms with Gasteiger partial charge in [-0.15, -0.1) is 0 Å². The number of fused-ring (bicyclic) bond motifs is 1. The van der Waals surface area contributed by atoms with E-state index in [2.05, 4.69) is 10.1 Å². The molecule has 0 aromatic carbocycles. The van der Waals surface area contributed by atoms with Crippen LogP contribution in [-0.4, -0.2) is 66.0 Å². The molecule has 0 bridgehead atoms. The predicted molar refractivity (Wildman–Crippen MR) is 38.7 cm³/mol. The average molecular weight is 158 g/mol. The first kappa shape index (κ1) is 8.35. The third kappa shape index (κ3) is 1.46. The smallest absolute Gasteiger partial charge is 0.154 e. The Morgan fingerprint density at radius 3 is 3.00 bits per heavy atom. The molecule has 0 N–H and O–H groups in total. The van der Waals surface area contributed by atoms with Crippen molar-refractivity contribution in [3.8, 4) is 0 Å². The van der Waals surface area contributed by atoms with Gasteiger partial charge in [-0.3, -0.25) is 0 Å². The van der Waals surface area contributed by atoms with Crippen molar-refractivity contribution in [2.75, 3.05) is 0 Å². The van der Waals surface area contributed by atoms with Crippen LogP contribution in [0.2, 0.25) is 0 Å². The van der Waals surface area contributed by atoms with E-state index in [4.69, 9.17) is 0 Å². The van der Waals surface area contributed by atoms with Crippen molar-refractivity contribution in [3.63, 3.8) is 0 Å². The van der Waals surface area contributed by atoms with Gasteiger partial charge in [-0.05, 0) is 6.07 Å². The molecule has 0 amide bonds. The Kier molecular flexibility index (Phi) is 3.00. The first-order valence-corrected chi connectivity index (χ1v) is 2.71. The third-order valence-electron chi connectivity index (χ3n) is 1.17. The van der Waals surface area contributed by atoms with Gasteiger partial charge in [0.15, 0.2) is 5.65 Å². The molecule has 3 nitrogen and oxygen atoms in total. The summed E-state index contributed by atoms with van der Waals surface area (Å²) >= 11 is 0. The molecule has 2 aromatic heterocycles. The summed E-state index contributed by atoms with van der Waals surface area (Å²) in [5.41, 5.74) is 0.887. The fourth-order valence-electron chi connectivity index (χ4n) is 0.764. The summed E-state index contributed by atoms with van der Waals surface area (Å²) in [5.74, 6) is 0. The van der Waals surface area contributed by atoms with Crippen molar-refractivity contribution < 1.29 is 0 Å². The van der Waals surface area contributed by atoms with Crippen molar-refractivity contribution in [2.24, 2.45) is 0 Å². The van der Waals surface area contributed by atoms with Crippen molar-refractivity contribution in [1.82, 2.24) is 14.6 Å². The molecular weight excluding hydrogens is 153 g/mol. The van der Waals surface area contributed by atoms with E-state index in [0.717, 1.165) is 5.65 Å². The second-order valence-corrected chi connectivity index (χ2v) is 1.75. The molecule has 45 valence electrons. The molecule has 0 aliphatic heterocycles. The molecule has 0 fully saturated rings. The maximum absolute atomic E-state index is 4.04. The molecule has 0 spiro atoms. The van der Waals surface area contributed by atoms with Gasteiger partial charge in [-0.2, -0.15) is 5.10 Å². The molecular formula is C6H5KN3. The van der Waals surface area contributed by atoms with Gasteiger partial charge in [0.2, 0.25) is 0 Å². The summed E-state index contributed by atoms with van der Waals surface area (Å²) in [6.07, 6.45) is 5.34. The monoisotopic (exact) mass is 158 g/mol. The van der Waals surface area contributed by atoms with Gasteiger partial charge in [0, 0.05) is 69.8 Å². The van der Waals surface area contributed by atoms with Gasteiger partial charge < -0.3 is 0 Å². The summed E-state index contributed by atoms with van der Waals surface area (Å²) in [5, 5.41) is 3.97. The zero-order valence-electron chi connectivity index (χ0n) is 5.73. The van der Waals surface area contributed by atoms with Gasteiger partial charge in [-0.1, -0.05) is 0 Å². The van der Waals surface area contributed by atoms with E-state index in [1.807, 2.05) is 18.3 Å². The van der Waals surface area contributed by atoms with Crippen LogP contribution in [0, 0.1) is 0 Å². The summed E-state index contributed by atoms with van der Waals surface area (Å²) in [6.45, 7) is 0. The number of nitrogens with zero attached hydrogens (tertiary/aromatic N) is 3. The molecule has 0 aliphatic rings. The number of hydrogen-bond donors (Lipinski definition) is 0. The minimum Gasteiger partial charge on any atom is -0.237 e. The van der Waals surface area contributed by atoms with E-state index in [0.29, 0.717) is 0 Å². The zero-order chi connectivity index (χ0) is 6.10. The maximum atomic E-state index is 4.04. The Balaban J connectivity index is 0.000000500. The van der Waals surface area contributed by atoms with Crippen molar-refractivity contribution >= 4 is 57.0 Å². The predicted octanol–water partition coefficient (Wildman–Crippen LogP) is 0.348. The first-order chi connectivity index (χ1) is 4.47. The number of aromatic nitrogens is 3. The van der Waals surface area contributed by atoms with Crippen molar-refractivity contribution in [2.45, 2.75) is 0 Å². The Morgan fingerprint density at radius 1 is 1.30 bits per heavy atom. The van der Waals surface area contributed by atoms with Gasteiger partial charge in [-0.25, -0.2) is 9.50 Å². The van der Waals surface area contributed by atoms with E-state index in [1.165, 1.54) is 0 Å². The summed E-state index contributed by atoms with van der Waals surface area (Å²) in [7, 11) is 0. The van der Waals surface area contributed by atoms with Gasteiger partial charge in [0.1, 0.15) is 0 Å². The quantitative estimate of drug-likeness (QED) is 0.518. The van der Waals surface area contributed by atoms with Crippen LogP contribution in [0.15, 0.2) is 30.7 Å². The summed E-state index contributed by atoms with van der Waals surface area (Å²) in [4.78, 5) is 4.04. The molecule has 2 aromatic rings. The average Bonchev–Trinajstić information content (AvgIpc) is 2.33. The Hall–Kier alpha value is 0.256. The minimum absolute atomic E-state index is 0. The summed E-state index contributed by atoms with van der Waals surface area (Å²) < 4.78 is 1.72. The molecule has 2 rings (SSSR count). The van der Waals surface area contributed by atoms with E-state index >= 15 is 0 Å². The van der Waals surface area contributed by atoms with Crippen LogP contribution >= 0.6 is 0 Å². The molecule has 0 atom stereocenters. The molecule has 0 saturated heterocycles. The van der Waals surface area contributed by atoms with E-state index in [9.17, 15) is 0 Å². The van der Waals surface area contributed by atoms with Crippen molar-refractivity contribution in [3.05, 3.63) is 30.7 Å². The van der Waals surface area contributed by atoms with Crippen LogP contribution in [0.5, 0.6) is 0 Å². The Morgan fingerprint density at radius 2 is 2.20 bits per heavy atom. The SMILES string of the molecule is [K].c1cnc2ccnn2c1. The topological polar surface area (TPSA) is 30.2 Å². The molecule has 4 heteroatoms. The van der Waals surface area contributed by atoms with Crippen LogP contribution in [0.4, 0.5) is 0 Å². The van der Waals surface area contributed by atoms with E-state index in [1.54, 1.807) is 16.9 Å². The number of hydrogen-bond acceptors (Lipinski definition) is 2. The van der Waals surface area contributed by atoms with Gasteiger partial charge >= 0.3 is 0 Å². The molecule has 0 saturated carbocycles. The molecule has 0 unspecified atom stereocenters. The fraction of sp³-hybridized carbons (Fsp3) is 0. The van der Waals surface area contributed by atoms with Gasteiger partial charge in [0.25, 0.3) is 0 Å². The molecule has 2 heterocycles. The van der Waals surface area contributed by atoms with E-state index in [-0.39, 0.29) is 51.4 Å². The molecule has 10 heavy (non-hydrogen) atoms.